The summed E-state index contributed by atoms with van der Waals surface area (Å²) < 4.78 is 9.67. The van der Waals surface area contributed by atoms with Gasteiger partial charge in [0.15, 0.2) is 12.9 Å². The van der Waals surface area contributed by atoms with E-state index in [0.717, 1.165) is 5.56 Å². The molecule has 0 saturated heterocycles. The van der Waals surface area contributed by atoms with Gasteiger partial charge < -0.3 is 19.9 Å². The molecule has 1 atom stereocenters. The number of rotatable bonds is 7. The average molecular weight is 281 g/mol. The van der Waals surface area contributed by atoms with Gasteiger partial charge in [0.1, 0.15) is 0 Å². The lowest BCUT2D eigenvalue weighted by atomic mass is 10.1. The molecule has 110 valence electrons. The number of ether oxygens (including phenoxy) is 2. The first-order valence-corrected chi connectivity index (χ1v) is 6.33. The van der Waals surface area contributed by atoms with Crippen LogP contribution in [-0.2, 0) is 25.5 Å². The van der Waals surface area contributed by atoms with E-state index >= 15 is 0 Å². The molecule has 0 bridgehead atoms. The van der Waals surface area contributed by atoms with E-state index in [9.17, 15) is 14.7 Å². The zero-order valence-corrected chi connectivity index (χ0v) is 11.6. The molecule has 0 aromatic heterocycles. The van der Waals surface area contributed by atoms with Crippen LogP contribution in [0.1, 0.15) is 19.4 Å². The van der Waals surface area contributed by atoms with Crippen molar-refractivity contribution in [3.05, 3.63) is 29.8 Å². The molecular weight excluding hydrogens is 262 g/mol. The van der Waals surface area contributed by atoms with Crippen LogP contribution in [0.4, 0.5) is 5.69 Å². The fourth-order valence-corrected chi connectivity index (χ4v) is 1.61. The van der Waals surface area contributed by atoms with Crippen LogP contribution in [0.3, 0.4) is 0 Å². The third-order valence-corrected chi connectivity index (χ3v) is 2.45. The van der Waals surface area contributed by atoms with E-state index in [-0.39, 0.29) is 13.0 Å². The van der Waals surface area contributed by atoms with Gasteiger partial charge in [0.2, 0.25) is 0 Å². The standard InChI is InChI=1S/C14H19NO5/c1-3-19-14(18)8-11-6-4-5-7-12(11)15-13(17)9-20-10(2)16/h4-7,14,18H,3,8-9H2,1-2H3,(H,15,17). The molecule has 2 N–H and O–H groups in total. The molecule has 6 heteroatoms. The van der Waals surface area contributed by atoms with E-state index in [1.54, 1.807) is 31.2 Å². The minimum absolute atomic E-state index is 0.262. The summed E-state index contributed by atoms with van der Waals surface area (Å²) in [5.41, 5.74) is 1.30. The molecule has 1 rings (SSSR count). The van der Waals surface area contributed by atoms with E-state index in [1.165, 1.54) is 6.92 Å². The van der Waals surface area contributed by atoms with Crippen LogP contribution in [0.25, 0.3) is 0 Å². The highest BCUT2D eigenvalue weighted by Gasteiger charge is 2.11. The smallest absolute Gasteiger partial charge is 0.303 e. The highest BCUT2D eigenvalue weighted by molar-refractivity contribution is 5.93. The van der Waals surface area contributed by atoms with E-state index in [1.807, 2.05) is 0 Å². The lowest BCUT2D eigenvalue weighted by Crippen LogP contribution is -2.22. The van der Waals surface area contributed by atoms with Crippen molar-refractivity contribution in [2.24, 2.45) is 0 Å². The van der Waals surface area contributed by atoms with Crippen LogP contribution in [-0.4, -0.2) is 36.5 Å². The van der Waals surface area contributed by atoms with Crippen molar-refractivity contribution in [1.82, 2.24) is 0 Å². The molecule has 0 aliphatic rings. The van der Waals surface area contributed by atoms with Gasteiger partial charge in [0, 0.05) is 25.6 Å². The number of carbonyl (C=O) groups excluding carboxylic acids is 2. The Labute approximate surface area is 117 Å². The largest absolute Gasteiger partial charge is 0.456 e. The minimum atomic E-state index is -0.925. The number of benzene rings is 1. The second-order valence-electron chi connectivity index (χ2n) is 4.10. The van der Waals surface area contributed by atoms with Gasteiger partial charge in [-0.25, -0.2) is 0 Å². The molecule has 0 spiro atoms. The summed E-state index contributed by atoms with van der Waals surface area (Å²) in [4.78, 5) is 22.2. The molecule has 1 unspecified atom stereocenters. The summed E-state index contributed by atoms with van der Waals surface area (Å²) in [6.45, 7) is 3.09. The lowest BCUT2D eigenvalue weighted by molar-refractivity contribution is -0.144. The van der Waals surface area contributed by atoms with Crippen molar-refractivity contribution >= 4 is 17.6 Å². The molecule has 0 radical (unpaired) electrons. The number of aliphatic hydroxyl groups is 1. The zero-order valence-electron chi connectivity index (χ0n) is 11.6. The Kier molecular flexibility index (Phi) is 6.69. The summed E-state index contributed by atoms with van der Waals surface area (Å²) in [6.07, 6.45) is -0.663. The van der Waals surface area contributed by atoms with Gasteiger partial charge in [-0.2, -0.15) is 0 Å². The Morgan fingerprint density at radius 3 is 2.70 bits per heavy atom. The highest BCUT2D eigenvalue weighted by Crippen LogP contribution is 2.17. The summed E-state index contributed by atoms with van der Waals surface area (Å²) in [5, 5.41) is 12.3. The number of carbonyl (C=O) groups is 2. The van der Waals surface area contributed by atoms with E-state index in [2.05, 4.69) is 10.1 Å². The first kappa shape index (κ1) is 16.1. The van der Waals surface area contributed by atoms with E-state index < -0.39 is 18.2 Å². The second-order valence-corrected chi connectivity index (χ2v) is 4.10. The third kappa shape index (κ3) is 5.81. The summed E-state index contributed by atoms with van der Waals surface area (Å²) in [5.74, 6) is -0.946. The minimum Gasteiger partial charge on any atom is -0.456 e. The van der Waals surface area contributed by atoms with Gasteiger partial charge in [-0.1, -0.05) is 18.2 Å². The van der Waals surface area contributed by atoms with Gasteiger partial charge in [-0.15, -0.1) is 0 Å². The Morgan fingerprint density at radius 2 is 2.05 bits per heavy atom. The number of anilines is 1. The van der Waals surface area contributed by atoms with Gasteiger partial charge in [0.05, 0.1) is 0 Å². The summed E-state index contributed by atoms with van der Waals surface area (Å²) >= 11 is 0. The summed E-state index contributed by atoms with van der Waals surface area (Å²) in [7, 11) is 0. The Bertz CT molecular complexity index is 461. The fraction of sp³-hybridized carbons (Fsp3) is 0.429. The topological polar surface area (TPSA) is 84.9 Å². The van der Waals surface area contributed by atoms with Crippen molar-refractivity contribution in [2.45, 2.75) is 26.6 Å². The number of aliphatic hydroxyl groups excluding tert-OH is 1. The van der Waals surface area contributed by atoms with Crippen molar-refractivity contribution in [3.8, 4) is 0 Å². The molecule has 1 amide bonds. The Morgan fingerprint density at radius 1 is 1.35 bits per heavy atom. The zero-order chi connectivity index (χ0) is 15.0. The van der Waals surface area contributed by atoms with Crippen LogP contribution < -0.4 is 5.32 Å². The first-order chi connectivity index (χ1) is 9.52. The molecule has 0 saturated carbocycles. The summed E-state index contributed by atoms with van der Waals surface area (Å²) in [6, 6.07) is 7.05. The number of amides is 1. The molecule has 0 aliphatic heterocycles. The predicted octanol–water partition coefficient (Wildman–Crippen LogP) is 1.09. The number of nitrogens with one attached hydrogen (secondary N) is 1. The second kappa shape index (κ2) is 8.29. The van der Waals surface area contributed by atoms with Crippen LogP contribution >= 0.6 is 0 Å². The van der Waals surface area contributed by atoms with Gasteiger partial charge >= 0.3 is 5.97 Å². The molecule has 20 heavy (non-hydrogen) atoms. The molecule has 6 nitrogen and oxygen atoms in total. The van der Waals surface area contributed by atoms with Crippen molar-refractivity contribution < 1.29 is 24.2 Å². The van der Waals surface area contributed by atoms with Gasteiger partial charge in [-0.05, 0) is 18.6 Å². The molecule has 1 aromatic carbocycles. The normalized spacial score (nSPS) is 11.8. The fourth-order valence-electron chi connectivity index (χ4n) is 1.61. The third-order valence-electron chi connectivity index (χ3n) is 2.45. The number of para-hydroxylation sites is 1. The molecule has 0 aliphatic carbocycles. The maximum atomic E-state index is 11.6. The maximum Gasteiger partial charge on any atom is 0.303 e. The maximum absolute atomic E-state index is 11.6. The number of hydrogen-bond donors (Lipinski definition) is 2. The highest BCUT2D eigenvalue weighted by atomic mass is 16.6. The number of esters is 1. The Balaban J connectivity index is 2.65. The molecular formula is C14H19NO5. The lowest BCUT2D eigenvalue weighted by Gasteiger charge is -2.14. The van der Waals surface area contributed by atoms with Crippen LogP contribution in [0.2, 0.25) is 0 Å². The quantitative estimate of drug-likeness (QED) is 0.577. The first-order valence-electron chi connectivity index (χ1n) is 6.33. The van der Waals surface area contributed by atoms with Crippen molar-refractivity contribution in [1.29, 1.82) is 0 Å². The van der Waals surface area contributed by atoms with Gasteiger partial charge in [0.25, 0.3) is 5.91 Å². The van der Waals surface area contributed by atoms with Crippen LogP contribution in [0.5, 0.6) is 0 Å². The van der Waals surface area contributed by atoms with E-state index in [4.69, 9.17) is 4.74 Å². The average Bonchev–Trinajstić information content (AvgIpc) is 2.39. The van der Waals surface area contributed by atoms with Crippen LogP contribution in [0, 0.1) is 0 Å². The Hall–Kier alpha value is -1.92. The number of hydrogen-bond acceptors (Lipinski definition) is 5. The van der Waals surface area contributed by atoms with Crippen molar-refractivity contribution in [2.75, 3.05) is 18.5 Å². The molecule has 0 fully saturated rings. The van der Waals surface area contributed by atoms with Gasteiger partial charge in [-0.3, -0.25) is 9.59 Å². The monoisotopic (exact) mass is 281 g/mol. The predicted molar refractivity (Wildman–Crippen MR) is 73.0 cm³/mol. The van der Waals surface area contributed by atoms with E-state index in [0.29, 0.717) is 12.3 Å². The SMILES string of the molecule is CCOC(O)Cc1ccccc1NC(=O)COC(C)=O. The van der Waals surface area contributed by atoms with Crippen LogP contribution in [0.15, 0.2) is 24.3 Å². The molecule has 0 heterocycles. The van der Waals surface area contributed by atoms with Crippen molar-refractivity contribution in [3.63, 3.8) is 0 Å². The molecule has 1 aromatic rings.